The van der Waals surface area contributed by atoms with E-state index in [-0.39, 0.29) is 16.9 Å². The normalized spacial score (nSPS) is 10.3. The second-order valence-corrected chi connectivity index (χ2v) is 7.36. The lowest BCUT2D eigenvalue weighted by Crippen LogP contribution is -2.34. The average molecular weight is 450 g/mol. The van der Waals surface area contributed by atoms with Crippen LogP contribution in [0.5, 0.6) is 11.5 Å². The summed E-state index contributed by atoms with van der Waals surface area (Å²) >= 11 is 11.3. The van der Waals surface area contributed by atoms with Crippen LogP contribution < -0.4 is 25.4 Å². The van der Waals surface area contributed by atoms with Crippen LogP contribution in [0.3, 0.4) is 0 Å². The first kappa shape index (κ1) is 23.4. The number of hydrogen-bond acceptors (Lipinski definition) is 5. The van der Waals surface area contributed by atoms with E-state index in [1.807, 2.05) is 6.92 Å². The summed E-state index contributed by atoms with van der Waals surface area (Å²) in [4.78, 5) is 24.3. The predicted molar refractivity (Wildman–Crippen MR) is 123 cm³/mol. The highest BCUT2D eigenvalue weighted by Gasteiger charge is 2.14. The van der Waals surface area contributed by atoms with Gasteiger partial charge in [0.2, 0.25) is 5.91 Å². The minimum absolute atomic E-state index is 0.103. The number of halogens is 1. The fourth-order valence-corrected chi connectivity index (χ4v) is 2.85. The number of nitrogens with one attached hydrogen (secondary N) is 3. The number of anilines is 2. The zero-order valence-electron chi connectivity index (χ0n) is 17.2. The molecule has 0 saturated carbocycles. The minimum atomic E-state index is -0.412. The van der Waals surface area contributed by atoms with Crippen LogP contribution in [0.2, 0.25) is 5.02 Å². The van der Waals surface area contributed by atoms with E-state index < -0.39 is 5.91 Å². The molecule has 0 atom stereocenters. The molecular weight excluding hydrogens is 426 g/mol. The second-order valence-electron chi connectivity index (χ2n) is 6.55. The van der Waals surface area contributed by atoms with Crippen LogP contribution in [0, 0.1) is 5.92 Å². The van der Waals surface area contributed by atoms with E-state index in [0.717, 1.165) is 0 Å². The topological polar surface area (TPSA) is 88.7 Å². The molecule has 2 rings (SSSR count). The van der Waals surface area contributed by atoms with Gasteiger partial charge in [-0.3, -0.25) is 14.9 Å². The molecule has 0 radical (unpaired) electrons. The monoisotopic (exact) mass is 449 g/mol. The number of amides is 2. The Balaban J connectivity index is 2.04. The molecule has 9 heteroatoms. The van der Waals surface area contributed by atoms with Gasteiger partial charge in [0.05, 0.1) is 24.4 Å². The Morgan fingerprint density at radius 3 is 2.43 bits per heavy atom. The van der Waals surface area contributed by atoms with Crippen LogP contribution in [0.4, 0.5) is 11.4 Å². The molecule has 0 saturated heterocycles. The zero-order chi connectivity index (χ0) is 22.3. The number of thiocarbonyl (C=S) groups is 1. The van der Waals surface area contributed by atoms with Crippen molar-refractivity contribution in [3.8, 4) is 11.5 Å². The molecule has 2 aromatic rings. The molecular formula is C21H24ClN3O4S. The number of hydrogen-bond donors (Lipinski definition) is 3. The van der Waals surface area contributed by atoms with E-state index in [2.05, 4.69) is 16.0 Å². The molecule has 2 aromatic carbocycles. The third-order valence-electron chi connectivity index (χ3n) is 3.96. The van der Waals surface area contributed by atoms with Crippen molar-refractivity contribution in [3.63, 3.8) is 0 Å². The molecule has 2 amide bonds. The fourth-order valence-electron chi connectivity index (χ4n) is 2.40. The standard InChI is InChI=1S/C21H24ClN3O4S/c1-5-29-17-9-6-13(10-15(17)22)20(27)25-21(30)23-14-7-8-16(18(11-14)28-4)24-19(26)12(2)3/h6-12H,5H2,1-4H3,(H,24,26)(H2,23,25,27,30). The maximum absolute atomic E-state index is 12.4. The summed E-state index contributed by atoms with van der Waals surface area (Å²) < 4.78 is 10.7. The van der Waals surface area contributed by atoms with Gasteiger partial charge in [-0.2, -0.15) is 0 Å². The molecule has 7 nitrogen and oxygen atoms in total. The van der Waals surface area contributed by atoms with Gasteiger partial charge in [0.15, 0.2) is 5.11 Å². The predicted octanol–water partition coefficient (Wildman–Crippen LogP) is 4.47. The van der Waals surface area contributed by atoms with Gasteiger partial charge in [-0.15, -0.1) is 0 Å². The molecule has 0 bridgehead atoms. The molecule has 0 heterocycles. The third-order valence-corrected chi connectivity index (χ3v) is 4.46. The number of carbonyl (C=O) groups excluding carboxylic acids is 2. The highest BCUT2D eigenvalue weighted by molar-refractivity contribution is 7.80. The van der Waals surface area contributed by atoms with Crippen molar-refractivity contribution >= 4 is 52.1 Å². The van der Waals surface area contributed by atoms with Crippen LogP contribution in [-0.2, 0) is 4.79 Å². The number of rotatable bonds is 7. The van der Waals surface area contributed by atoms with Gasteiger partial charge in [-0.05, 0) is 49.5 Å². The van der Waals surface area contributed by atoms with E-state index in [9.17, 15) is 9.59 Å². The van der Waals surface area contributed by atoms with E-state index in [1.54, 1.807) is 44.2 Å². The van der Waals surface area contributed by atoms with Crippen molar-refractivity contribution in [2.75, 3.05) is 24.4 Å². The molecule has 0 aliphatic rings. The van der Waals surface area contributed by atoms with Crippen LogP contribution in [-0.4, -0.2) is 30.6 Å². The minimum Gasteiger partial charge on any atom is -0.494 e. The average Bonchev–Trinajstić information content (AvgIpc) is 2.70. The van der Waals surface area contributed by atoms with Crippen molar-refractivity contribution in [2.45, 2.75) is 20.8 Å². The van der Waals surface area contributed by atoms with E-state index in [0.29, 0.717) is 40.1 Å². The lowest BCUT2D eigenvalue weighted by molar-refractivity contribution is -0.118. The Labute approximate surface area is 186 Å². The Morgan fingerprint density at radius 1 is 1.10 bits per heavy atom. The number of ether oxygens (including phenoxy) is 2. The molecule has 3 N–H and O–H groups in total. The van der Waals surface area contributed by atoms with Crippen molar-refractivity contribution in [1.82, 2.24) is 5.32 Å². The Bertz CT molecular complexity index is 950. The third kappa shape index (κ3) is 6.33. The fraction of sp³-hybridized carbons (Fsp3) is 0.286. The highest BCUT2D eigenvalue weighted by Crippen LogP contribution is 2.28. The maximum Gasteiger partial charge on any atom is 0.257 e. The molecule has 160 valence electrons. The number of carbonyl (C=O) groups is 2. The first-order chi connectivity index (χ1) is 14.2. The lowest BCUT2D eigenvalue weighted by Gasteiger charge is -2.15. The van der Waals surface area contributed by atoms with Crippen LogP contribution in [0.1, 0.15) is 31.1 Å². The van der Waals surface area contributed by atoms with Gasteiger partial charge >= 0.3 is 0 Å². The Hall–Kier alpha value is -2.84. The summed E-state index contributed by atoms with van der Waals surface area (Å²) in [6.45, 7) is 5.93. The van der Waals surface area contributed by atoms with Gasteiger partial charge in [0, 0.05) is 23.2 Å². The van der Waals surface area contributed by atoms with E-state index in [1.165, 1.54) is 13.2 Å². The first-order valence-electron chi connectivity index (χ1n) is 9.28. The molecule has 0 spiro atoms. The zero-order valence-corrected chi connectivity index (χ0v) is 18.7. The lowest BCUT2D eigenvalue weighted by atomic mass is 10.2. The smallest absolute Gasteiger partial charge is 0.257 e. The van der Waals surface area contributed by atoms with Crippen LogP contribution in [0.15, 0.2) is 36.4 Å². The molecule has 0 aliphatic carbocycles. The van der Waals surface area contributed by atoms with Gasteiger partial charge < -0.3 is 20.1 Å². The summed E-state index contributed by atoms with van der Waals surface area (Å²) in [7, 11) is 1.50. The first-order valence-corrected chi connectivity index (χ1v) is 10.1. The summed E-state index contributed by atoms with van der Waals surface area (Å²) in [6, 6.07) is 9.82. The van der Waals surface area contributed by atoms with Crippen molar-refractivity contribution in [3.05, 3.63) is 47.0 Å². The Kier molecular flexibility index (Phi) is 8.44. The highest BCUT2D eigenvalue weighted by atomic mass is 35.5. The van der Waals surface area contributed by atoms with Crippen LogP contribution in [0.25, 0.3) is 0 Å². The number of benzene rings is 2. The molecule has 0 aliphatic heterocycles. The van der Waals surface area contributed by atoms with Gasteiger partial charge in [-0.25, -0.2) is 0 Å². The summed E-state index contributed by atoms with van der Waals surface area (Å²) in [5, 5.41) is 8.75. The summed E-state index contributed by atoms with van der Waals surface area (Å²) in [6.07, 6.45) is 0. The van der Waals surface area contributed by atoms with Crippen LogP contribution >= 0.6 is 23.8 Å². The van der Waals surface area contributed by atoms with Gasteiger partial charge in [-0.1, -0.05) is 25.4 Å². The SMILES string of the molecule is CCOc1ccc(C(=O)NC(=S)Nc2ccc(NC(=O)C(C)C)c(OC)c2)cc1Cl. The van der Waals surface area contributed by atoms with Crippen molar-refractivity contribution in [1.29, 1.82) is 0 Å². The summed E-state index contributed by atoms with van der Waals surface area (Å²) in [5.41, 5.74) is 1.47. The van der Waals surface area contributed by atoms with E-state index >= 15 is 0 Å². The quantitative estimate of drug-likeness (QED) is 0.540. The Morgan fingerprint density at radius 2 is 1.83 bits per heavy atom. The number of methoxy groups -OCH3 is 1. The molecule has 0 aromatic heterocycles. The van der Waals surface area contributed by atoms with Crippen molar-refractivity contribution < 1.29 is 19.1 Å². The largest absolute Gasteiger partial charge is 0.494 e. The molecule has 0 unspecified atom stereocenters. The van der Waals surface area contributed by atoms with Crippen molar-refractivity contribution in [2.24, 2.45) is 5.92 Å². The summed E-state index contributed by atoms with van der Waals surface area (Å²) in [5.74, 6) is 0.275. The van der Waals surface area contributed by atoms with Gasteiger partial charge in [0.25, 0.3) is 5.91 Å². The molecule has 0 fully saturated rings. The molecule has 30 heavy (non-hydrogen) atoms. The van der Waals surface area contributed by atoms with E-state index in [4.69, 9.17) is 33.3 Å². The van der Waals surface area contributed by atoms with Gasteiger partial charge in [0.1, 0.15) is 11.5 Å². The second kappa shape index (κ2) is 10.8. The maximum atomic E-state index is 12.4.